The SMILES string of the molecule is COC(=O)CCl.Oc1ccccc1. The molecule has 1 N–H and O–H groups in total. The van der Waals surface area contributed by atoms with Gasteiger partial charge < -0.3 is 9.84 Å². The van der Waals surface area contributed by atoms with Crippen molar-refractivity contribution in [1.29, 1.82) is 0 Å². The van der Waals surface area contributed by atoms with Gasteiger partial charge in [-0.05, 0) is 12.1 Å². The van der Waals surface area contributed by atoms with Crippen LogP contribution >= 0.6 is 11.6 Å². The standard InChI is InChI=1S/C6H6O.C3H5ClO2/c7-6-4-2-1-3-5-6;1-6-3(5)2-4/h1-5,7H;2H2,1H3. The summed E-state index contributed by atoms with van der Waals surface area (Å²) in [5.74, 6) is -0.129. The molecule has 4 heteroatoms. The molecular formula is C9H11ClO3. The molecule has 3 nitrogen and oxygen atoms in total. The van der Waals surface area contributed by atoms with Crippen LogP contribution in [0.5, 0.6) is 5.75 Å². The van der Waals surface area contributed by atoms with E-state index in [1.807, 2.05) is 6.07 Å². The minimum absolute atomic E-state index is 0.0590. The predicted molar refractivity (Wildman–Crippen MR) is 50.8 cm³/mol. The number of esters is 1. The molecule has 0 saturated carbocycles. The van der Waals surface area contributed by atoms with E-state index in [-0.39, 0.29) is 5.88 Å². The zero-order valence-electron chi connectivity index (χ0n) is 7.24. The molecule has 0 atom stereocenters. The fourth-order valence-corrected chi connectivity index (χ4v) is 0.592. The van der Waals surface area contributed by atoms with Gasteiger partial charge in [0.15, 0.2) is 0 Å². The molecule has 0 bridgehead atoms. The Morgan fingerprint density at radius 1 is 1.46 bits per heavy atom. The second-order valence-corrected chi connectivity index (χ2v) is 2.31. The third-order valence-corrected chi connectivity index (χ3v) is 1.31. The van der Waals surface area contributed by atoms with Crippen LogP contribution < -0.4 is 0 Å². The highest BCUT2D eigenvalue weighted by Gasteiger charge is 1.89. The Morgan fingerprint density at radius 3 is 2.15 bits per heavy atom. The second-order valence-electron chi connectivity index (χ2n) is 2.05. The Balaban J connectivity index is 0.000000226. The maximum Gasteiger partial charge on any atom is 0.320 e. The van der Waals surface area contributed by atoms with Gasteiger partial charge in [0, 0.05) is 0 Å². The maximum absolute atomic E-state index is 9.83. The number of benzene rings is 1. The van der Waals surface area contributed by atoms with Gasteiger partial charge in [-0.15, -0.1) is 11.6 Å². The Kier molecular flexibility index (Phi) is 6.73. The van der Waals surface area contributed by atoms with Crippen LogP contribution in [0.4, 0.5) is 0 Å². The van der Waals surface area contributed by atoms with Crippen LogP contribution in [0, 0.1) is 0 Å². The molecule has 0 unspecified atom stereocenters. The summed E-state index contributed by atoms with van der Waals surface area (Å²) in [6, 6.07) is 8.71. The average Bonchev–Trinajstić information content (AvgIpc) is 2.19. The molecule has 0 aliphatic heterocycles. The van der Waals surface area contributed by atoms with Crippen LogP contribution in [-0.4, -0.2) is 24.1 Å². The maximum atomic E-state index is 9.83. The number of alkyl halides is 1. The van der Waals surface area contributed by atoms with E-state index in [0.29, 0.717) is 5.75 Å². The Bertz CT molecular complexity index is 230. The molecule has 1 aromatic rings. The number of ether oxygens (including phenoxy) is 1. The molecule has 1 aromatic carbocycles. The Morgan fingerprint density at radius 2 is 2.00 bits per heavy atom. The van der Waals surface area contributed by atoms with E-state index >= 15 is 0 Å². The highest BCUT2D eigenvalue weighted by Crippen LogP contribution is 2.02. The zero-order valence-corrected chi connectivity index (χ0v) is 7.99. The van der Waals surface area contributed by atoms with Gasteiger partial charge in [0.1, 0.15) is 11.6 Å². The van der Waals surface area contributed by atoms with E-state index in [9.17, 15) is 4.79 Å². The number of hydrogen-bond donors (Lipinski definition) is 1. The summed E-state index contributed by atoms with van der Waals surface area (Å²) in [4.78, 5) is 9.83. The number of methoxy groups -OCH3 is 1. The first-order chi connectivity index (χ1) is 6.20. The zero-order chi connectivity index (χ0) is 10.1. The fraction of sp³-hybridized carbons (Fsp3) is 0.222. The van der Waals surface area contributed by atoms with Gasteiger partial charge in [-0.2, -0.15) is 0 Å². The quantitative estimate of drug-likeness (QED) is 0.558. The fourth-order valence-electron chi connectivity index (χ4n) is 0.483. The Hall–Kier alpha value is -1.22. The van der Waals surface area contributed by atoms with Gasteiger partial charge in [-0.25, -0.2) is 0 Å². The highest BCUT2D eigenvalue weighted by atomic mass is 35.5. The van der Waals surface area contributed by atoms with Crippen molar-refractivity contribution >= 4 is 17.6 Å². The van der Waals surface area contributed by atoms with Gasteiger partial charge in [0.2, 0.25) is 0 Å². The number of rotatable bonds is 1. The minimum atomic E-state index is -0.392. The lowest BCUT2D eigenvalue weighted by Gasteiger charge is -1.85. The molecule has 72 valence electrons. The van der Waals surface area contributed by atoms with Crippen LogP contribution in [0.2, 0.25) is 0 Å². The third-order valence-electron chi connectivity index (χ3n) is 1.09. The number of phenolic OH excluding ortho intramolecular Hbond substituents is 1. The summed E-state index contributed by atoms with van der Waals surface area (Å²) < 4.78 is 4.13. The molecule has 13 heavy (non-hydrogen) atoms. The largest absolute Gasteiger partial charge is 0.508 e. The first kappa shape index (κ1) is 11.8. The topological polar surface area (TPSA) is 46.5 Å². The lowest BCUT2D eigenvalue weighted by Crippen LogP contribution is -1.99. The summed E-state index contributed by atoms with van der Waals surface area (Å²) >= 11 is 4.98. The van der Waals surface area contributed by atoms with E-state index < -0.39 is 5.97 Å². The first-order valence-corrected chi connectivity index (χ1v) is 4.11. The summed E-state index contributed by atoms with van der Waals surface area (Å²) in [5.41, 5.74) is 0. The molecule has 0 heterocycles. The van der Waals surface area contributed by atoms with E-state index in [4.69, 9.17) is 16.7 Å². The number of aromatic hydroxyl groups is 1. The van der Waals surface area contributed by atoms with Gasteiger partial charge in [0.25, 0.3) is 0 Å². The molecule has 1 rings (SSSR count). The van der Waals surface area contributed by atoms with Crippen molar-refractivity contribution in [3.63, 3.8) is 0 Å². The third kappa shape index (κ3) is 7.15. The van der Waals surface area contributed by atoms with Crippen molar-refractivity contribution in [2.45, 2.75) is 0 Å². The monoisotopic (exact) mass is 202 g/mol. The van der Waals surface area contributed by atoms with E-state index in [0.717, 1.165) is 0 Å². The van der Waals surface area contributed by atoms with Crippen LogP contribution in [0.3, 0.4) is 0 Å². The number of halogens is 1. The van der Waals surface area contributed by atoms with Gasteiger partial charge in [-0.1, -0.05) is 18.2 Å². The van der Waals surface area contributed by atoms with Gasteiger partial charge >= 0.3 is 5.97 Å². The molecule has 0 aromatic heterocycles. The highest BCUT2D eigenvalue weighted by molar-refractivity contribution is 6.26. The summed E-state index contributed by atoms with van der Waals surface area (Å²) in [6.07, 6.45) is 0. The predicted octanol–water partition coefficient (Wildman–Crippen LogP) is 1.79. The van der Waals surface area contributed by atoms with Crippen molar-refractivity contribution in [1.82, 2.24) is 0 Å². The smallest absolute Gasteiger partial charge is 0.320 e. The van der Waals surface area contributed by atoms with E-state index in [1.165, 1.54) is 7.11 Å². The molecule has 0 amide bonds. The van der Waals surface area contributed by atoms with Crippen LogP contribution in [0.1, 0.15) is 0 Å². The molecule has 0 aliphatic rings. The lowest BCUT2D eigenvalue weighted by molar-refractivity contribution is -0.137. The van der Waals surface area contributed by atoms with Crippen molar-refractivity contribution in [2.75, 3.05) is 13.0 Å². The molecule has 0 radical (unpaired) electrons. The van der Waals surface area contributed by atoms with Crippen molar-refractivity contribution in [2.24, 2.45) is 0 Å². The first-order valence-electron chi connectivity index (χ1n) is 3.57. The van der Waals surface area contributed by atoms with E-state index in [1.54, 1.807) is 24.3 Å². The Labute approximate surface area is 81.9 Å². The summed E-state index contributed by atoms with van der Waals surface area (Å²) in [7, 11) is 1.30. The number of phenols is 1. The second kappa shape index (κ2) is 7.43. The van der Waals surface area contributed by atoms with E-state index in [2.05, 4.69) is 4.74 Å². The molecule has 0 spiro atoms. The van der Waals surface area contributed by atoms with Crippen molar-refractivity contribution < 1.29 is 14.6 Å². The summed E-state index contributed by atoms with van der Waals surface area (Å²) in [5, 5.41) is 8.63. The van der Waals surface area contributed by atoms with Crippen LogP contribution in [0.15, 0.2) is 30.3 Å². The summed E-state index contributed by atoms with van der Waals surface area (Å²) in [6.45, 7) is 0. The van der Waals surface area contributed by atoms with Crippen LogP contribution in [0.25, 0.3) is 0 Å². The normalized spacial score (nSPS) is 8.15. The van der Waals surface area contributed by atoms with Crippen molar-refractivity contribution in [3.8, 4) is 5.75 Å². The number of hydrogen-bond acceptors (Lipinski definition) is 3. The van der Waals surface area contributed by atoms with Crippen molar-refractivity contribution in [3.05, 3.63) is 30.3 Å². The number of para-hydroxylation sites is 1. The number of carbonyl (C=O) groups excluding carboxylic acids is 1. The van der Waals surface area contributed by atoms with Crippen LogP contribution in [-0.2, 0) is 9.53 Å². The molecule has 0 fully saturated rings. The van der Waals surface area contributed by atoms with Gasteiger partial charge in [-0.3, -0.25) is 4.79 Å². The van der Waals surface area contributed by atoms with Gasteiger partial charge in [0.05, 0.1) is 7.11 Å². The average molecular weight is 203 g/mol. The minimum Gasteiger partial charge on any atom is -0.508 e. The lowest BCUT2D eigenvalue weighted by atomic mass is 10.3. The molecule has 0 aliphatic carbocycles. The molecule has 0 saturated heterocycles. The molecular weight excluding hydrogens is 192 g/mol. The number of carbonyl (C=O) groups is 1.